The van der Waals surface area contributed by atoms with Crippen molar-refractivity contribution in [3.05, 3.63) is 59.9 Å². The monoisotopic (exact) mass is 442 g/mol. The number of hydrogen-bond acceptors (Lipinski definition) is 6. The lowest BCUT2D eigenvalue weighted by Crippen LogP contribution is -2.46. The van der Waals surface area contributed by atoms with Gasteiger partial charge in [-0.3, -0.25) is 0 Å². The van der Waals surface area contributed by atoms with Gasteiger partial charge in [0.1, 0.15) is 22.8 Å². The number of rotatable bonds is 5. The second kappa shape index (κ2) is 8.83. The minimum atomic E-state index is 0.709. The van der Waals surface area contributed by atoms with Crippen molar-refractivity contribution in [3.8, 4) is 22.7 Å². The van der Waals surface area contributed by atoms with Crippen molar-refractivity contribution in [3.63, 3.8) is 0 Å². The Morgan fingerprint density at radius 3 is 2.48 bits per heavy atom. The second-order valence-corrected chi connectivity index (χ2v) is 8.55. The van der Waals surface area contributed by atoms with Crippen molar-refractivity contribution in [2.45, 2.75) is 20.8 Å². The molecule has 7 heteroatoms. The molecule has 0 bridgehead atoms. The lowest BCUT2D eigenvalue weighted by Gasteiger charge is -2.34. The van der Waals surface area contributed by atoms with Gasteiger partial charge in [-0.15, -0.1) is 0 Å². The first-order valence-electron chi connectivity index (χ1n) is 11.5. The quantitative estimate of drug-likeness (QED) is 0.461. The summed E-state index contributed by atoms with van der Waals surface area (Å²) in [6.45, 7) is 11.7. The van der Waals surface area contributed by atoms with E-state index in [2.05, 4.69) is 60.9 Å². The lowest BCUT2D eigenvalue weighted by molar-refractivity contribution is 0.270. The van der Waals surface area contributed by atoms with Crippen LogP contribution in [0.5, 0.6) is 5.75 Å². The molecule has 7 nitrogen and oxygen atoms in total. The molecule has 170 valence electrons. The summed E-state index contributed by atoms with van der Waals surface area (Å²) in [5, 5.41) is 5.01. The van der Waals surface area contributed by atoms with E-state index in [9.17, 15) is 0 Å². The van der Waals surface area contributed by atoms with E-state index >= 15 is 0 Å². The highest BCUT2D eigenvalue weighted by Crippen LogP contribution is 2.32. The Morgan fingerprint density at radius 1 is 0.970 bits per heavy atom. The fourth-order valence-electron chi connectivity index (χ4n) is 4.44. The van der Waals surface area contributed by atoms with Crippen LogP contribution in [0.4, 0.5) is 5.82 Å². The van der Waals surface area contributed by atoms with Crippen molar-refractivity contribution in [2.75, 3.05) is 44.7 Å². The summed E-state index contributed by atoms with van der Waals surface area (Å²) in [6, 6.07) is 12.5. The topological polar surface area (TPSA) is 59.3 Å². The molecule has 0 amide bonds. The van der Waals surface area contributed by atoms with Crippen LogP contribution in [0.15, 0.2) is 48.8 Å². The molecule has 0 unspecified atom stereocenters. The number of nitrogens with zero attached hydrogens (tertiary/aromatic N) is 6. The smallest absolute Gasteiger partial charge is 0.139 e. The SMILES string of the molecule is CCN1CCN(c2ccc(-c3nn(-c4cccc(C)c4C)c4cc(OC)cnc34)cn2)CC1. The first-order valence-corrected chi connectivity index (χ1v) is 11.5. The number of hydrogen-bond donors (Lipinski definition) is 0. The Labute approximate surface area is 194 Å². The highest BCUT2D eigenvalue weighted by molar-refractivity contribution is 5.91. The number of piperazine rings is 1. The van der Waals surface area contributed by atoms with Gasteiger partial charge in [0.25, 0.3) is 0 Å². The molecule has 1 saturated heterocycles. The van der Waals surface area contributed by atoms with Gasteiger partial charge in [-0.25, -0.2) is 14.6 Å². The summed E-state index contributed by atoms with van der Waals surface area (Å²) in [5.41, 5.74) is 6.99. The molecule has 4 aromatic rings. The van der Waals surface area contributed by atoms with Crippen molar-refractivity contribution in [1.82, 2.24) is 24.6 Å². The minimum Gasteiger partial charge on any atom is -0.495 e. The first kappa shape index (κ1) is 21.4. The number of anilines is 1. The maximum Gasteiger partial charge on any atom is 0.139 e. The van der Waals surface area contributed by atoms with Gasteiger partial charge in [0.15, 0.2) is 0 Å². The third-order valence-electron chi connectivity index (χ3n) is 6.70. The Kier molecular flexibility index (Phi) is 5.72. The van der Waals surface area contributed by atoms with Gasteiger partial charge in [0.2, 0.25) is 0 Å². The predicted octanol–water partition coefficient (Wildman–Crippen LogP) is 4.25. The molecule has 1 aliphatic rings. The molecule has 3 aromatic heterocycles. The van der Waals surface area contributed by atoms with Gasteiger partial charge in [-0.2, -0.15) is 5.10 Å². The Hall–Kier alpha value is -3.45. The van der Waals surface area contributed by atoms with Crippen LogP contribution in [0.3, 0.4) is 0 Å². The van der Waals surface area contributed by atoms with E-state index in [0.717, 1.165) is 66.5 Å². The summed E-state index contributed by atoms with van der Waals surface area (Å²) in [6.07, 6.45) is 3.67. The highest BCUT2D eigenvalue weighted by Gasteiger charge is 2.20. The standard InChI is InChI=1S/C26H30N6O/c1-5-30-11-13-31(14-12-30)24-10-9-20(16-27-24)25-26-23(15-21(33-4)17-28-26)32(29-25)22-8-6-7-18(2)19(22)3/h6-10,15-17H,5,11-14H2,1-4H3. The van der Waals surface area contributed by atoms with E-state index in [1.807, 2.05) is 16.9 Å². The van der Waals surface area contributed by atoms with Gasteiger partial charge in [-0.1, -0.05) is 19.1 Å². The number of likely N-dealkylation sites (N-methyl/N-ethyl adjacent to an activating group) is 1. The number of aryl methyl sites for hydroxylation is 1. The molecule has 33 heavy (non-hydrogen) atoms. The number of ether oxygens (including phenoxy) is 1. The van der Waals surface area contributed by atoms with E-state index in [-0.39, 0.29) is 0 Å². The molecule has 0 saturated carbocycles. The zero-order chi connectivity index (χ0) is 22.9. The zero-order valence-electron chi connectivity index (χ0n) is 19.7. The summed E-state index contributed by atoms with van der Waals surface area (Å²) >= 11 is 0. The highest BCUT2D eigenvalue weighted by atomic mass is 16.5. The normalized spacial score (nSPS) is 14.7. The maximum absolute atomic E-state index is 5.46. The van der Waals surface area contributed by atoms with Gasteiger partial charge < -0.3 is 14.5 Å². The second-order valence-electron chi connectivity index (χ2n) is 8.55. The van der Waals surface area contributed by atoms with Crippen LogP contribution in [0.25, 0.3) is 28.0 Å². The van der Waals surface area contributed by atoms with Gasteiger partial charge in [0.05, 0.1) is 24.5 Å². The van der Waals surface area contributed by atoms with E-state index in [4.69, 9.17) is 19.8 Å². The molecule has 0 N–H and O–H groups in total. The van der Waals surface area contributed by atoms with Crippen LogP contribution in [-0.4, -0.2) is 64.5 Å². The van der Waals surface area contributed by atoms with E-state index in [1.165, 1.54) is 11.1 Å². The summed E-state index contributed by atoms with van der Waals surface area (Å²) in [7, 11) is 1.66. The van der Waals surface area contributed by atoms with Crippen LogP contribution in [0, 0.1) is 13.8 Å². The third-order valence-corrected chi connectivity index (χ3v) is 6.70. The molecular formula is C26H30N6O. The van der Waals surface area contributed by atoms with Gasteiger partial charge in [-0.05, 0) is 49.7 Å². The summed E-state index contributed by atoms with van der Waals surface area (Å²) in [5.74, 6) is 1.72. The van der Waals surface area contributed by atoms with Crippen LogP contribution in [-0.2, 0) is 0 Å². The molecule has 0 atom stereocenters. The average Bonchev–Trinajstić information content (AvgIpc) is 3.24. The number of aromatic nitrogens is 4. The molecule has 0 radical (unpaired) electrons. The van der Waals surface area contributed by atoms with Gasteiger partial charge in [0, 0.05) is 44.0 Å². The Morgan fingerprint density at radius 2 is 1.79 bits per heavy atom. The van der Waals surface area contributed by atoms with E-state index in [1.54, 1.807) is 13.3 Å². The molecule has 1 aliphatic heterocycles. The molecule has 1 aromatic carbocycles. The van der Waals surface area contributed by atoms with E-state index in [0.29, 0.717) is 5.75 Å². The molecule has 5 rings (SSSR count). The van der Waals surface area contributed by atoms with E-state index < -0.39 is 0 Å². The zero-order valence-corrected chi connectivity index (χ0v) is 19.7. The van der Waals surface area contributed by atoms with Crippen molar-refractivity contribution in [1.29, 1.82) is 0 Å². The molecule has 4 heterocycles. The fourth-order valence-corrected chi connectivity index (χ4v) is 4.44. The molecule has 0 spiro atoms. The Balaban J connectivity index is 1.55. The van der Waals surface area contributed by atoms with Crippen LogP contribution < -0.4 is 9.64 Å². The maximum atomic E-state index is 5.46. The average molecular weight is 443 g/mol. The largest absolute Gasteiger partial charge is 0.495 e. The summed E-state index contributed by atoms with van der Waals surface area (Å²) in [4.78, 5) is 14.3. The molecule has 1 fully saturated rings. The van der Waals surface area contributed by atoms with Crippen LogP contribution >= 0.6 is 0 Å². The molecular weight excluding hydrogens is 412 g/mol. The lowest BCUT2D eigenvalue weighted by atomic mass is 10.1. The Bertz CT molecular complexity index is 1270. The first-order chi connectivity index (χ1) is 16.1. The summed E-state index contributed by atoms with van der Waals surface area (Å²) < 4.78 is 7.43. The number of methoxy groups -OCH3 is 1. The minimum absolute atomic E-state index is 0.709. The predicted molar refractivity (Wildman–Crippen MR) is 132 cm³/mol. The fraction of sp³-hybridized carbons (Fsp3) is 0.346. The van der Waals surface area contributed by atoms with Crippen molar-refractivity contribution >= 4 is 16.9 Å². The van der Waals surface area contributed by atoms with Crippen molar-refractivity contribution < 1.29 is 4.74 Å². The van der Waals surface area contributed by atoms with Gasteiger partial charge >= 0.3 is 0 Å². The number of fused-ring (bicyclic) bond motifs is 1. The number of pyridine rings is 2. The van der Waals surface area contributed by atoms with Crippen LogP contribution in [0.2, 0.25) is 0 Å². The van der Waals surface area contributed by atoms with Crippen LogP contribution in [0.1, 0.15) is 18.1 Å². The molecule has 0 aliphatic carbocycles. The third kappa shape index (κ3) is 3.93. The number of benzene rings is 1. The van der Waals surface area contributed by atoms with Crippen molar-refractivity contribution in [2.24, 2.45) is 0 Å².